The van der Waals surface area contributed by atoms with Gasteiger partial charge in [0.15, 0.2) is 6.61 Å². The van der Waals surface area contributed by atoms with E-state index in [-0.39, 0.29) is 30.4 Å². The van der Waals surface area contributed by atoms with Crippen LogP contribution in [0.2, 0.25) is 0 Å². The van der Waals surface area contributed by atoms with Crippen molar-refractivity contribution in [1.29, 1.82) is 0 Å². The Labute approximate surface area is 145 Å². The average molecular weight is 343 g/mol. The maximum absolute atomic E-state index is 12.3. The summed E-state index contributed by atoms with van der Waals surface area (Å²) in [5, 5.41) is 4.96. The smallest absolute Gasteiger partial charge is 0.309 e. The fourth-order valence-corrected chi connectivity index (χ4v) is 3.84. The molecule has 1 N–H and O–H groups in total. The molecule has 1 atom stereocenters. The average Bonchev–Trinajstić information content (AvgIpc) is 3.31. The van der Waals surface area contributed by atoms with E-state index in [1.54, 1.807) is 11.3 Å². The third kappa shape index (κ3) is 4.23. The van der Waals surface area contributed by atoms with Gasteiger partial charge in [-0.05, 0) is 29.9 Å². The van der Waals surface area contributed by atoms with Crippen molar-refractivity contribution in [3.63, 3.8) is 0 Å². The van der Waals surface area contributed by atoms with Gasteiger partial charge in [0, 0.05) is 4.88 Å². The lowest BCUT2D eigenvalue weighted by molar-refractivity contribution is -0.152. The second-order valence-electron chi connectivity index (χ2n) is 6.02. The van der Waals surface area contributed by atoms with Crippen LogP contribution in [0.3, 0.4) is 0 Å². The summed E-state index contributed by atoms with van der Waals surface area (Å²) >= 11 is 1.59. The van der Waals surface area contributed by atoms with E-state index in [2.05, 4.69) is 5.32 Å². The highest BCUT2D eigenvalue weighted by Gasteiger charge is 2.25. The Kier molecular flexibility index (Phi) is 5.64. The molecule has 1 aromatic heterocycles. The Balaban J connectivity index is 1.60. The van der Waals surface area contributed by atoms with Crippen LogP contribution in [0.5, 0.6) is 0 Å². The largest absolute Gasteiger partial charge is 0.455 e. The standard InChI is InChI=1S/C19H21NO3S/c21-17(13-23-19(22)15-9-4-5-10-15)20-18(16-11-6-12-24-16)14-7-2-1-3-8-14/h1-3,6-8,11-12,15,18H,4-5,9-10,13H2,(H,20,21)/t18-/m0/s1. The second-order valence-corrected chi connectivity index (χ2v) is 6.99. The summed E-state index contributed by atoms with van der Waals surface area (Å²) < 4.78 is 5.19. The molecule has 0 saturated heterocycles. The number of amides is 1. The summed E-state index contributed by atoms with van der Waals surface area (Å²) in [6.45, 7) is -0.218. The topological polar surface area (TPSA) is 55.4 Å². The Hall–Kier alpha value is -2.14. The summed E-state index contributed by atoms with van der Waals surface area (Å²) in [7, 11) is 0. The van der Waals surface area contributed by atoms with E-state index >= 15 is 0 Å². The zero-order chi connectivity index (χ0) is 16.8. The summed E-state index contributed by atoms with van der Waals surface area (Å²) in [4.78, 5) is 25.2. The SMILES string of the molecule is O=C(COC(=O)C1CCCC1)N[C@@H](c1ccccc1)c1cccs1. The molecule has 24 heavy (non-hydrogen) atoms. The van der Waals surface area contributed by atoms with Gasteiger partial charge in [-0.2, -0.15) is 0 Å². The lowest BCUT2D eigenvalue weighted by Gasteiger charge is -2.18. The van der Waals surface area contributed by atoms with Gasteiger partial charge in [0.05, 0.1) is 12.0 Å². The second kappa shape index (κ2) is 8.11. The minimum atomic E-state index is -0.274. The van der Waals surface area contributed by atoms with Crippen LogP contribution in [0, 0.1) is 5.92 Å². The number of carbonyl (C=O) groups is 2. The molecule has 0 spiro atoms. The minimum Gasteiger partial charge on any atom is -0.455 e. The number of hydrogen-bond acceptors (Lipinski definition) is 4. The summed E-state index contributed by atoms with van der Waals surface area (Å²) in [6.07, 6.45) is 3.89. The van der Waals surface area contributed by atoms with E-state index in [0.29, 0.717) is 0 Å². The molecule has 5 heteroatoms. The maximum atomic E-state index is 12.3. The first kappa shape index (κ1) is 16.7. The molecule has 0 radical (unpaired) electrons. The molecule has 3 rings (SSSR count). The maximum Gasteiger partial charge on any atom is 0.309 e. The molecule has 1 aromatic carbocycles. The molecule has 1 aliphatic carbocycles. The van der Waals surface area contributed by atoms with Crippen LogP contribution in [0.4, 0.5) is 0 Å². The van der Waals surface area contributed by atoms with Gasteiger partial charge in [-0.1, -0.05) is 49.2 Å². The van der Waals surface area contributed by atoms with E-state index < -0.39 is 0 Å². The number of rotatable bonds is 6. The van der Waals surface area contributed by atoms with Crippen molar-refractivity contribution in [2.75, 3.05) is 6.61 Å². The minimum absolute atomic E-state index is 0.0278. The molecule has 0 aliphatic heterocycles. The normalized spacial score (nSPS) is 15.8. The van der Waals surface area contributed by atoms with Gasteiger partial charge >= 0.3 is 5.97 Å². The van der Waals surface area contributed by atoms with E-state index in [4.69, 9.17) is 4.74 Å². The highest BCUT2D eigenvalue weighted by atomic mass is 32.1. The molecule has 0 bridgehead atoms. The summed E-state index contributed by atoms with van der Waals surface area (Å²) in [5.74, 6) is -0.543. The van der Waals surface area contributed by atoms with E-state index in [0.717, 1.165) is 36.1 Å². The van der Waals surface area contributed by atoms with E-state index in [1.807, 2.05) is 47.8 Å². The number of esters is 1. The molecule has 1 heterocycles. The third-order valence-electron chi connectivity index (χ3n) is 4.30. The van der Waals surface area contributed by atoms with Gasteiger partial charge < -0.3 is 10.1 Å². The first-order valence-corrected chi connectivity index (χ1v) is 9.16. The molecule has 4 nitrogen and oxygen atoms in total. The van der Waals surface area contributed by atoms with Crippen molar-refractivity contribution in [2.45, 2.75) is 31.7 Å². The van der Waals surface area contributed by atoms with Crippen LogP contribution in [0.1, 0.15) is 42.2 Å². The third-order valence-corrected chi connectivity index (χ3v) is 5.24. The van der Waals surface area contributed by atoms with Gasteiger partial charge in [0.2, 0.25) is 0 Å². The van der Waals surface area contributed by atoms with Crippen molar-refractivity contribution < 1.29 is 14.3 Å². The quantitative estimate of drug-likeness (QED) is 0.814. The molecule has 0 unspecified atom stereocenters. The molecule has 1 fully saturated rings. The van der Waals surface area contributed by atoms with Crippen molar-refractivity contribution >= 4 is 23.2 Å². The van der Waals surface area contributed by atoms with E-state index in [9.17, 15) is 9.59 Å². The van der Waals surface area contributed by atoms with Gasteiger partial charge in [-0.25, -0.2) is 0 Å². The fraction of sp³-hybridized carbons (Fsp3) is 0.368. The van der Waals surface area contributed by atoms with Gasteiger partial charge in [0.25, 0.3) is 5.91 Å². The number of benzene rings is 1. The molecule has 1 amide bonds. The van der Waals surface area contributed by atoms with Crippen LogP contribution in [0.15, 0.2) is 47.8 Å². The van der Waals surface area contributed by atoms with Crippen molar-refractivity contribution in [1.82, 2.24) is 5.32 Å². The number of carbonyl (C=O) groups excluding carboxylic acids is 2. The lowest BCUT2D eigenvalue weighted by atomic mass is 10.1. The molecule has 2 aromatic rings. The van der Waals surface area contributed by atoms with Crippen LogP contribution in [-0.4, -0.2) is 18.5 Å². The molecule has 126 valence electrons. The predicted octanol–water partition coefficient (Wildman–Crippen LogP) is 3.69. The first-order valence-electron chi connectivity index (χ1n) is 8.28. The van der Waals surface area contributed by atoms with Crippen LogP contribution < -0.4 is 5.32 Å². The number of ether oxygens (including phenoxy) is 1. The number of hydrogen-bond donors (Lipinski definition) is 1. The zero-order valence-corrected chi connectivity index (χ0v) is 14.3. The molecule has 1 saturated carbocycles. The van der Waals surface area contributed by atoms with Crippen molar-refractivity contribution in [3.8, 4) is 0 Å². The first-order chi connectivity index (χ1) is 11.7. The highest BCUT2D eigenvalue weighted by Crippen LogP contribution is 2.27. The van der Waals surface area contributed by atoms with Crippen molar-refractivity contribution in [3.05, 3.63) is 58.3 Å². The van der Waals surface area contributed by atoms with Gasteiger partial charge in [0.1, 0.15) is 0 Å². The van der Waals surface area contributed by atoms with Crippen LogP contribution in [-0.2, 0) is 14.3 Å². The van der Waals surface area contributed by atoms with Gasteiger partial charge in [-0.3, -0.25) is 9.59 Å². The van der Waals surface area contributed by atoms with Gasteiger partial charge in [-0.15, -0.1) is 11.3 Å². The lowest BCUT2D eigenvalue weighted by Crippen LogP contribution is -2.33. The van der Waals surface area contributed by atoms with Crippen LogP contribution >= 0.6 is 11.3 Å². The molecular weight excluding hydrogens is 322 g/mol. The Bertz CT molecular complexity index is 663. The summed E-state index contributed by atoms with van der Waals surface area (Å²) in [6, 6.07) is 13.5. The van der Waals surface area contributed by atoms with Crippen LogP contribution in [0.25, 0.3) is 0 Å². The Morgan fingerprint density at radius 3 is 2.54 bits per heavy atom. The highest BCUT2D eigenvalue weighted by molar-refractivity contribution is 7.10. The summed E-state index contributed by atoms with van der Waals surface area (Å²) in [5.41, 5.74) is 1.01. The Morgan fingerprint density at radius 2 is 1.88 bits per heavy atom. The fourth-order valence-electron chi connectivity index (χ4n) is 3.04. The molecular formula is C19H21NO3S. The molecule has 1 aliphatic rings. The number of nitrogens with one attached hydrogen (secondary N) is 1. The van der Waals surface area contributed by atoms with Crippen molar-refractivity contribution in [2.24, 2.45) is 5.92 Å². The zero-order valence-electron chi connectivity index (χ0n) is 13.4. The Morgan fingerprint density at radius 1 is 1.12 bits per heavy atom. The number of thiophene rings is 1. The van der Waals surface area contributed by atoms with E-state index in [1.165, 1.54) is 0 Å². The monoisotopic (exact) mass is 343 g/mol. The predicted molar refractivity (Wildman–Crippen MR) is 93.7 cm³/mol.